The molecule has 0 saturated heterocycles. The van der Waals surface area contributed by atoms with Gasteiger partial charge in [0.25, 0.3) is 0 Å². The molecule has 0 bridgehead atoms. The number of aldehydes is 1. The average molecular weight is 222 g/mol. The molecule has 0 aliphatic rings. The van der Waals surface area contributed by atoms with Gasteiger partial charge in [-0.3, -0.25) is 9.79 Å². The van der Waals surface area contributed by atoms with Crippen LogP contribution >= 0.6 is 0 Å². The summed E-state index contributed by atoms with van der Waals surface area (Å²) >= 11 is 0. The number of rotatable bonds is 1. The van der Waals surface area contributed by atoms with Crippen molar-refractivity contribution in [2.24, 2.45) is 4.99 Å². The van der Waals surface area contributed by atoms with Crippen LogP contribution in [0.5, 0.6) is 0 Å². The van der Waals surface area contributed by atoms with Crippen LogP contribution in [-0.4, -0.2) is 18.3 Å². The monoisotopic (exact) mass is 222 g/mol. The molecule has 16 heavy (non-hydrogen) atoms. The van der Waals surface area contributed by atoms with Gasteiger partial charge in [-0.1, -0.05) is 0 Å². The van der Waals surface area contributed by atoms with E-state index in [0.29, 0.717) is 28.1 Å². The molecule has 82 valence electrons. The smallest absolute Gasteiger partial charge is 0.160 e. The molecule has 0 aliphatic carbocycles. The molecule has 0 aliphatic heterocycles. The fourth-order valence-corrected chi connectivity index (χ4v) is 1.58. The Bertz CT molecular complexity index is 632. The van der Waals surface area contributed by atoms with Crippen molar-refractivity contribution in [1.29, 1.82) is 0 Å². The molecule has 2 rings (SSSR count). The van der Waals surface area contributed by atoms with Crippen molar-refractivity contribution in [2.75, 3.05) is 7.05 Å². The van der Waals surface area contributed by atoms with Gasteiger partial charge in [0.2, 0.25) is 0 Å². The van der Waals surface area contributed by atoms with Crippen LogP contribution in [0.4, 0.5) is 8.78 Å². The molecular weight excluding hydrogens is 214 g/mol. The molecule has 2 aromatic rings. The van der Waals surface area contributed by atoms with E-state index < -0.39 is 11.6 Å². The largest absolute Gasteiger partial charge is 0.360 e. The minimum atomic E-state index is -0.964. The standard InChI is InChI=1S/C11H8F2N2O/c1-14-11-6(5-16)4-15-10-3-9(13)8(12)2-7(10)11/h2-5H,1H3,(H,14,15). The van der Waals surface area contributed by atoms with Crippen molar-refractivity contribution in [1.82, 2.24) is 4.98 Å². The van der Waals surface area contributed by atoms with Gasteiger partial charge in [-0.05, 0) is 6.07 Å². The molecule has 0 spiro atoms. The summed E-state index contributed by atoms with van der Waals surface area (Å²) in [6.07, 6.45) is 2.02. The lowest BCUT2D eigenvalue weighted by Gasteiger charge is -2.02. The second-order valence-corrected chi connectivity index (χ2v) is 3.25. The molecule has 0 unspecified atom stereocenters. The molecule has 0 saturated carbocycles. The summed E-state index contributed by atoms with van der Waals surface area (Å²) in [6.45, 7) is 0. The van der Waals surface area contributed by atoms with Crippen molar-refractivity contribution in [3.8, 4) is 0 Å². The lowest BCUT2D eigenvalue weighted by atomic mass is 10.1. The van der Waals surface area contributed by atoms with E-state index in [4.69, 9.17) is 0 Å². The maximum Gasteiger partial charge on any atom is 0.160 e. The fraction of sp³-hybridized carbons (Fsp3) is 0.0909. The van der Waals surface area contributed by atoms with Crippen LogP contribution in [0.15, 0.2) is 23.3 Å². The minimum Gasteiger partial charge on any atom is -0.360 e. The number of carbonyl (C=O) groups is 1. The molecular formula is C11H8F2N2O. The van der Waals surface area contributed by atoms with Crippen molar-refractivity contribution in [3.63, 3.8) is 0 Å². The zero-order valence-corrected chi connectivity index (χ0v) is 8.42. The van der Waals surface area contributed by atoms with Crippen LogP contribution in [0, 0.1) is 11.6 Å². The number of aromatic amines is 1. The maximum absolute atomic E-state index is 13.1. The van der Waals surface area contributed by atoms with Crippen LogP contribution in [-0.2, 0) is 0 Å². The lowest BCUT2D eigenvalue weighted by Crippen LogP contribution is -2.12. The van der Waals surface area contributed by atoms with Gasteiger partial charge in [0.15, 0.2) is 17.9 Å². The van der Waals surface area contributed by atoms with Gasteiger partial charge < -0.3 is 4.98 Å². The molecule has 1 aromatic heterocycles. The molecule has 5 heteroatoms. The van der Waals surface area contributed by atoms with Gasteiger partial charge in [-0.15, -0.1) is 0 Å². The predicted molar refractivity (Wildman–Crippen MR) is 55.1 cm³/mol. The second kappa shape index (κ2) is 3.84. The van der Waals surface area contributed by atoms with Gasteiger partial charge in [0, 0.05) is 24.7 Å². The normalized spacial score (nSPS) is 12.1. The minimum absolute atomic E-state index is 0.306. The molecule has 1 heterocycles. The molecule has 0 radical (unpaired) electrons. The Labute approximate surface area is 89.5 Å². The predicted octanol–water partition coefficient (Wildman–Crippen LogP) is 1.79. The third-order valence-corrected chi connectivity index (χ3v) is 2.32. The highest BCUT2D eigenvalue weighted by molar-refractivity contribution is 5.85. The van der Waals surface area contributed by atoms with E-state index in [-0.39, 0.29) is 0 Å². The van der Waals surface area contributed by atoms with Gasteiger partial charge >= 0.3 is 0 Å². The number of nitrogens with one attached hydrogen (secondary N) is 1. The number of hydrogen-bond donors (Lipinski definition) is 1. The van der Waals surface area contributed by atoms with Crippen LogP contribution in [0.1, 0.15) is 10.4 Å². The fourth-order valence-electron chi connectivity index (χ4n) is 1.58. The number of aromatic nitrogens is 1. The number of pyridine rings is 1. The summed E-state index contributed by atoms with van der Waals surface area (Å²) in [5, 5.41) is 0.730. The Hall–Kier alpha value is -2.04. The Morgan fingerprint density at radius 1 is 1.31 bits per heavy atom. The number of fused-ring (bicyclic) bond motifs is 1. The first-order valence-corrected chi connectivity index (χ1v) is 4.56. The number of halogens is 2. The van der Waals surface area contributed by atoms with E-state index in [1.165, 1.54) is 13.2 Å². The summed E-state index contributed by atoms with van der Waals surface area (Å²) in [6, 6.07) is 2.06. The van der Waals surface area contributed by atoms with E-state index in [0.717, 1.165) is 12.1 Å². The van der Waals surface area contributed by atoms with Crippen LogP contribution in [0.2, 0.25) is 0 Å². The molecule has 1 aromatic carbocycles. The van der Waals surface area contributed by atoms with E-state index >= 15 is 0 Å². The topological polar surface area (TPSA) is 45.2 Å². The molecule has 0 fully saturated rings. The van der Waals surface area contributed by atoms with Crippen LogP contribution in [0.25, 0.3) is 10.9 Å². The number of benzene rings is 1. The maximum atomic E-state index is 13.1. The third kappa shape index (κ3) is 1.50. The zero-order chi connectivity index (χ0) is 11.7. The summed E-state index contributed by atoms with van der Waals surface area (Å²) in [4.78, 5) is 17.3. The van der Waals surface area contributed by atoms with Gasteiger partial charge in [0.05, 0.1) is 16.4 Å². The Kier molecular flexibility index (Phi) is 2.52. The average Bonchev–Trinajstić information content (AvgIpc) is 2.29. The highest BCUT2D eigenvalue weighted by Gasteiger charge is 2.07. The summed E-state index contributed by atoms with van der Waals surface area (Å²) in [5.74, 6) is -1.90. The van der Waals surface area contributed by atoms with Crippen molar-refractivity contribution in [3.05, 3.63) is 40.9 Å². The SMILES string of the molecule is C/N=c1/c(C=O)c[nH]c2cc(F)c(F)cc12. The van der Waals surface area contributed by atoms with E-state index in [2.05, 4.69) is 9.98 Å². The van der Waals surface area contributed by atoms with Crippen LogP contribution in [0.3, 0.4) is 0 Å². The summed E-state index contributed by atoms with van der Waals surface area (Å²) in [5.41, 5.74) is 0.700. The molecule has 1 N–H and O–H groups in total. The number of nitrogens with zero attached hydrogens (tertiary/aromatic N) is 1. The zero-order valence-electron chi connectivity index (χ0n) is 8.42. The first-order valence-electron chi connectivity index (χ1n) is 4.56. The lowest BCUT2D eigenvalue weighted by molar-refractivity contribution is 0.112. The third-order valence-electron chi connectivity index (χ3n) is 2.32. The second-order valence-electron chi connectivity index (χ2n) is 3.25. The molecule has 3 nitrogen and oxygen atoms in total. The Balaban J connectivity index is 2.99. The Morgan fingerprint density at radius 2 is 2.00 bits per heavy atom. The van der Waals surface area contributed by atoms with Crippen molar-refractivity contribution in [2.45, 2.75) is 0 Å². The molecule has 0 amide bonds. The van der Waals surface area contributed by atoms with Crippen LogP contribution < -0.4 is 5.36 Å². The van der Waals surface area contributed by atoms with Gasteiger partial charge in [-0.2, -0.15) is 0 Å². The quantitative estimate of drug-likeness (QED) is 0.734. The van der Waals surface area contributed by atoms with Gasteiger partial charge in [-0.25, -0.2) is 8.78 Å². The number of carbonyl (C=O) groups excluding carboxylic acids is 1. The van der Waals surface area contributed by atoms with E-state index in [9.17, 15) is 13.6 Å². The highest BCUT2D eigenvalue weighted by atomic mass is 19.2. The first-order chi connectivity index (χ1) is 7.67. The highest BCUT2D eigenvalue weighted by Crippen LogP contribution is 2.13. The Morgan fingerprint density at radius 3 is 2.62 bits per heavy atom. The number of hydrogen-bond acceptors (Lipinski definition) is 2. The molecule has 0 atom stereocenters. The number of H-pyrrole nitrogens is 1. The van der Waals surface area contributed by atoms with Gasteiger partial charge in [0.1, 0.15) is 0 Å². The first kappa shape index (κ1) is 10.5. The van der Waals surface area contributed by atoms with Crippen molar-refractivity contribution < 1.29 is 13.6 Å². The summed E-state index contributed by atoms with van der Waals surface area (Å²) < 4.78 is 26.1. The van der Waals surface area contributed by atoms with E-state index in [1.54, 1.807) is 0 Å². The summed E-state index contributed by atoms with van der Waals surface area (Å²) in [7, 11) is 1.49. The van der Waals surface area contributed by atoms with E-state index in [1.807, 2.05) is 0 Å². The van der Waals surface area contributed by atoms with Crippen molar-refractivity contribution >= 4 is 17.2 Å².